The van der Waals surface area contributed by atoms with Crippen LogP contribution in [0.5, 0.6) is 5.75 Å². The first-order valence-electron chi connectivity index (χ1n) is 9.30. The summed E-state index contributed by atoms with van der Waals surface area (Å²) in [5.74, 6) is 1.32. The van der Waals surface area contributed by atoms with Crippen LogP contribution in [0.3, 0.4) is 0 Å². The number of hydrogen-bond acceptors (Lipinski definition) is 6. The summed E-state index contributed by atoms with van der Waals surface area (Å²) in [6.45, 7) is 4.39. The second kappa shape index (κ2) is 8.75. The fourth-order valence-corrected chi connectivity index (χ4v) is 4.56. The smallest absolute Gasteiger partial charge is 0.240 e. The van der Waals surface area contributed by atoms with Crippen molar-refractivity contribution in [3.8, 4) is 5.75 Å². The summed E-state index contributed by atoms with van der Waals surface area (Å²) in [6.07, 6.45) is 0. The van der Waals surface area contributed by atoms with Crippen LogP contribution in [0.1, 0.15) is 24.4 Å². The number of carbonyl (C=O) groups is 1. The van der Waals surface area contributed by atoms with Gasteiger partial charge in [0.2, 0.25) is 11.1 Å². The third-order valence-corrected chi connectivity index (χ3v) is 6.55. The Kier molecular flexibility index (Phi) is 6.08. The van der Waals surface area contributed by atoms with Crippen LogP contribution in [-0.4, -0.2) is 32.6 Å². The van der Waals surface area contributed by atoms with E-state index in [-0.39, 0.29) is 11.9 Å². The first kappa shape index (κ1) is 20.8. The molecule has 4 rings (SSSR count). The summed E-state index contributed by atoms with van der Waals surface area (Å²) >= 11 is 13.4. The van der Waals surface area contributed by atoms with Crippen LogP contribution in [0.2, 0.25) is 10.0 Å². The van der Waals surface area contributed by atoms with Gasteiger partial charge in [-0.1, -0.05) is 47.1 Å². The third kappa shape index (κ3) is 4.21. The highest BCUT2D eigenvalue weighted by Gasteiger charge is 2.37. The van der Waals surface area contributed by atoms with E-state index in [1.165, 1.54) is 11.8 Å². The molecule has 2 N–H and O–H groups in total. The SMILES string of the molecule is CCOc1ccc(C2Nn3c(C)nnc3SC2C(=O)Nc2ccc(Cl)c(Cl)c2)cc1. The number of halogens is 2. The van der Waals surface area contributed by atoms with Crippen LogP contribution in [0.15, 0.2) is 47.6 Å². The molecule has 30 heavy (non-hydrogen) atoms. The number of amides is 1. The van der Waals surface area contributed by atoms with Crippen LogP contribution in [0.4, 0.5) is 5.69 Å². The van der Waals surface area contributed by atoms with Crippen molar-refractivity contribution in [2.24, 2.45) is 0 Å². The van der Waals surface area contributed by atoms with Gasteiger partial charge >= 0.3 is 0 Å². The lowest BCUT2D eigenvalue weighted by Crippen LogP contribution is -2.41. The first-order chi connectivity index (χ1) is 14.5. The molecule has 1 aliphatic heterocycles. The fourth-order valence-electron chi connectivity index (χ4n) is 3.14. The standard InChI is InChI=1S/C20H19Cl2N5O2S/c1-3-29-14-7-4-12(5-8-14)17-18(30-20-25-24-11(2)27(20)26-17)19(28)23-13-6-9-15(21)16(22)10-13/h4-10,17-18,26H,3H2,1-2H3,(H,23,28). The number of hydrogen-bond donors (Lipinski definition) is 2. The second-order valence-corrected chi connectivity index (χ2v) is 8.55. The molecule has 0 bridgehead atoms. The van der Waals surface area contributed by atoms with Crippen molar-refractivity contribution in [1.29, 1.82) is 0 Å². The summed E-state index contributed by atoms with van der Waals surface area (Å²) in [6, 6.07) is 12.4. The number of carbonyl (C=O) groups excluding carboxylic acids is 1. The first-order valence-corrected chi connectivity index (χ1v) is 10.9. The van der Waals surface area contributed by atoms with E-state index < -0.39 is 5.25 Å². The molecule has 156 valence electrons. The molecule has 2 aromatic carbocycles. The average molecular weight is 464 g/mol. The number of fused-ring (bicyclic) bond motifs is 1. The Labute approximate surface area is 188 Å². The second-order valence-electron chi connectivity index (χ2n) is 6.63. The molecule has 0 spiro atoms. The predicted molar refractivity (Wildman–Crippen MR) is 119 cm³/mol. The quantitative estimate of drug-likeness (QED) is 0.570. The number of nitrogens with one attached hydrogen (secondary N) is 2. The molecule has 10 heteroatoms. The Morgan fingerprint density at radius 1 is 1.20 bits per heavy atom. The van der Waals surface area contributed by atoms with Crippen molar-refractivity contribution >= 4 is 46.6 Å². The highest BCUT2D eigenvalue weighted by molar-refractivity contribution is 8.00. The topological polar surface area (TPSA) is 81.1 Å². The summed E-state index contributed by atoms with van der Waals surface area (Å²) in [5.41, 5.74) is 4.89. The molecule has 7 nitrogen and oxygen atoms in total. The Hall–Kier alpha value is -2.42. The minimum atomic E-state index is -0.492. The molecule has 1 aliphatic rings. The van der Waals surface area contributed by atoms with Crippen LogP contribution in [-0.2, 0) is 4.79 Å². The molecule has 0 saturated carbocycles. The minimum Gasteiger partial charge on any atom is -0.494 e. The van der Waals surface area contributed by atoms with E-state index in [1.807, 2.05) is 38.1 Å². The Morgan fingerprint density at radius 3 is 2.67 bits per heavy atom. The number of ether oxygens (including phenoxy) is 1. The zero-order valence-electron chi connectivity index (χ0n) is 16.2. The van der Waals surface area contributed by atoms with Gasteiger partial charge in [0.15, 0.2) is 0 Å². The van der Waals surface area contributed by atoms with E-state index in [0.29, 0.717) is 27.5 Å². The minimum absolute atomic E-state index is 0.184. The van der Waals surface area contributed by atoms with Crippen molar-refractivity contribution in [2.75, 3.05) is 17.3 Å². The number of aryl methyl sites for hydroxylation is 1. The number of benzene rings is 2. The van der Waals surface area contributed by atoms with Crippen LogP contribution < -0.4 is 15.5 Å². The van der Waals surface area contributed by atoms with Gasteiger partial charge in [-0.05, 0) is 49.7 Å². The van der Waals surface area contributed by atoms with Gasteiger partial charge in [-0.25, -0.2) is 4.68 Å². The summed E-state index contributed by atoms with van der Waals surface area (Å²) in [5, 5.41) is 12.1. The Morgan fingerprint density at radius 2 is 1.97 bits per heavy atom. The molecule has 1 amide bonds. The van der Waals surface area contributed by atoms with Crippen LogP contribution >= 0.6 is 35.0 Å². The van der Waals surface area contributed by atoms with Gasteiger partial charge in [-0.15, -0.1) is 10.2 Å². The number of anilines is 1. The number of rotatable bonds is 5. The lowest BCUT2D eigenvalue weighted by Gasteiger charge is -2.32. The maximum atomic E-state index is 13.2. The normalized spacial score (nSPS) is 17.7. The Bertz CT molecular complexity index is 1070. The molecule has 0 saturated heterocycles. The van der Waals surface area contributed by atoms with E-state index in [1.54, 1.807) is 22.9 Å². The number of aromatic nitrogens is 3. The average Bonchev–Trinajstić information content (AvgIpc) is 3.11. The van der Waals surface area contributed by atoms with E-state index in [0.717, 1.165) is 17.1 Å². The third-order valence-electron chi connectivity index (χ3n) is 4.59. The molecule has 2 heterocycles. The zero-order chi connectivity index (χ0) is 21.3. The monoisotopic (exact) mass is 463 g/mol. The molecule has 0 fully saturated rings. The lowest BCUT2D eigenvalue weighted by atomic mass is 10.0. The molecule has 2 atom stereocenters. The van der Waals surface area contributed by atoms with Gasteiger partial charge in [0.25, 0.3) is 0 Å². The van der Waals surface area contributed by atoms with Crippen LogP contribution in [0.25, 0.3) is 0 Å². The predicted octanol–water partition coefficient (Wildman–Crippen LogP) is 4.69. The van der Waals surface area contributed by atoms with Gasteiger partial charge in [0.1, 0.15) is 16.8 Å². The van der Waals surface area contributed by atoms with Crippen molar-refractivity contribution < 1.29 is 9.53 Å². The summed E-state index contributed by atoms with van der Waals surface area (Å²) < 4.78 is 7.33. The molecule has 0 radical (unpaired) electrons. The molecular formula is C20H19Cl2N5O2S. The number of thioether (sulfide) groups is 1. The number of nitrogens with zero attached hydrogens (tertiary/aromatic N) is 3. The van der Waals surface area contributed by atoms with Crippen LogP contribution in [0, 0.1) is 6.92 Å². The molecule has 2 unspecified atom stereocenters. The Balaban J connectivity index is 1.63. The van der Waals surface area contributed by atoms with E-state index in [9.17, 15) is 4.79 Å². The molecule has 0 aliphatic carbocycles. The maximum absolute atomic E-state index is 13.2. The van der Waals surface area contributed by atoms with E-state index in [4.69, 9.17) is 27.9 Å². The summed E-state index contributed by atoms with van der Waals surface area (Å²) in [7, 11) is 0. The van der Waals surface area contributed by atoms with E-state index >= 15 is 0 Å². The van der Waals surface area contributed by atoms with Crippen molar-refractivity contribution in [3.63, 3.8) is 0 Å². The van der Waals surface area contributed by atoms with Gasteiger partial charge in [0, 0.05) is 5.69 Å². The molecule has 3 aromatic rings. The van der Waals surface area contributed by atoms with Gasteiger partial charge in [-0.2, -0.15) is 0 Å². The maximum Gasteiger partial charge on any atom is 0.240 e. The molecule has 1 aromatic heterocycles. The lowest BCUT2D eigenvalue weighted by molar-refractivity contribution is -0.116. The fraction of sp³-hybridized carbons (Fsp3) is 0.250. The van der Waals surface area contributed by atoms with Gasteiger partial charge < -0.3 is 15.5 Å². The van der Waals surface area contributed by atoms with Crippen molar-refractivity contribution in [1.82, 2.24) is 14.9 Å². The van der Waals surface area contributed by atoms with Gasteiger partial charge in [-0.3, -0.25) is 4.79 Å². The highest BCUT2D eigenvalue weighted by Crippen LogP contribution is 2.38. The van der Waals surface area contributed by atoms with Gasteiger partial charge in [0.05, 0.1) is 22.7 Å². The zero-order valence-corrected chi connectivity index (χ0v) is 18.6. The molecular weight excluding hydrogens is 445 g/mol. The van der Waals surface area contributed by atoms with Crippen molar-refractivity contribution in [2.45, 2.75) is 30.3 Å². The van der Waals surface area contributed by atoms with E-state index in [2.05, 4.69) is 20.9 Å². The van der Waals surface area contributed by atoms with Crippen molar-refractivity contribution in [3.05, 3.63) is 63.9 Å². The summed E-state index contributed by atoms with van der Waals surface area (Å²) in [4.78, 5) is 13.2. The largest absolute Gasteiger partial charge is 0.494 e. The highest BCUT2D eigenvalue weighted by atomic mass is 35.5.